The van der Waals surface area contributed by atoms with Crippen molar-refractivity contribution >= 4 is 11.6 Å². The molecule has 0 aliphatic carbocycles. The van der Waals surface area contributed by atoms with Crippen LogP contribution in [0, 0.1) is 0 Å². The Kier molecular flexibility index (Phi) is 4.65. The first-order valence-electron chi connectivity index (χ1n) is 8.53. The van der Waals surface area contributed by atoms with E-state index in [0.717, 1.165) is 24.5 Å². The van der Waals surface area contributed by atoms with Crippen LogP contribution in [-0.4, -0.2) is 64.2 Å². The van der Waals surface area contributed by atoms with Crippen LogP contribution in [0.15, 0.2) is 47.4 Å². The van der Waals surface area contributed by atoms with Crippen molar-refractivity contribution in [3.8, 4) is 17.3 Å². The van der Waals surface area contributed by atoms with Gasteiger partial charge in [-0.1, -0.05) is 5.16 Å². The van der Waals surface area contributed by atoms with Crippen LogP contribution in [0.1, 0.15) is 10.7 Å². The van der Waals surface area contributed by atoms with Crippen molar-refractivity contribution in [3.05, 3.63) is 48.7 Å². The highest BCUT2D eigenvalue weighted by Crippen LogP contribution is 2.21. The molecule has 0 spiro atoms. The number of amides is 1. The van der Waals surface area contributed by atoms with Gasteiger partial charge in [0.25, 0.3) is 0 Å². The van der Waals surface area contributed by atoms with Gasteiger partial charge in [-0.2, -0.15) is 4.98 Å². The van der Waals surface area contributed by atoms with Gasteiger partial charge in [0.05, 0.1) is 13.3 Å². The molecule has 1 aliphatic rings. The van der Waals surface area contributed by atoms with Crippen molar-refractivity contribution in [2.75, 3.05) is 38.2 Å². The molecule has 0 bridgehead atoms. The molecular formula is C18H18N6O3. The van der Waals surface area contributed by atoms with Gasteiger partial charge in [0.1, 0.15) is 11.4 Å². The molecule has 0 saturated carbocycles. The molecule has 0 atom stereocenters. The highest BCUT2D eigenvalue weighted by molar-refractivity contribution is 5.90. The van der Waals surface area contributed by atoms with E-state index in [9.17, 15) is 4.79 Å². The summed E-state index contributed by atoms with van der Waals surface area (Å²) >= 11 is 0. The summed E-state index contributed by atoms with van der Waals surface area (Å²) in [5, 5.41) is 3.82. The predicted molar refractivity (Wildman–Crippen MR) is 96.4 cm³/mol. The van der Waals surface area contributed by atoms with Gasteiger partial charge < -0.3 is 19.1 Å². The van der Waals surface area contributed by atoms with E-state index in [0.29, 0.717) is 18.8 Å². The van der Waals surface area contributed by atoms with E-state index in [-0.39, 0.29) is 17.6 Å². The summed E-state index contributed by atoms with van der Waals surface area (Å²) in [5.41, 5.74) is 1.57. The molecule has 27 heavy (non-hydrogen) atoms. The first kappa shape index (κ1) is 17.0. The summed E-state index contributed by atoms with van der Waals surface area (Å²) in [4.78, 5) is 28.8. The molecule has 138 valence electrons. The topological polar surface area (TPSA) is 97.5 Å². The van der Waals surface area contributed by atoms with E-state index in [1.807, 2.05) is 24.3 Å². The van der Waals surface area contributed by atoms with Crippen LogP contribution in [0.4, 0.5) is 5.69 Å². The normalized spacial score (nSPS) is 14.3. The Morgan fingerprint density at radius 1 is 1.11 bits per heavy atom. The lowest BCUT2D eigenvalue weighted by Gasteiger charge is -2.35. The fourth-order valence-corrected chi connectivity index (χ4v) is 2.92. The quantitative estimate of drug-likeness (QED) is 0.685. The third-order valence-electron chi connectivity index (χ3n) is 4.41. The summed E-state index contributed by atoms with van der Waals surface area (Å²) in [6, 6.07) is 7.89. The maximum absolute atomic E-state index is 12.6. The molecule has 1 saturated heterocycles. The molecule has 3 aromatic rings. The number of nitrogens with zero attached hydrogens (tertiary/aromatic N) is 6. The van der Waals surface area contributed by atoms with E-state index in [4.69, 9.17) is 9.26 Å². The SMILES string of the molecule is COc1ccc(N2CCN(C(=O)c3nc(-c4cnccn4)no3)CC2)cc1. The first-order valence-corrected chi connectivity index (χ1v) is 8.53. The number of ether oxygens (including phenoxy) is 1. The van der Waals surface area contributed by atoms with E-state index < -0.39 is 0 Å². The third-order valence-corrected chi connectivity index (χ3v) is 4.41. The second-order valence-electron chi connectivity index (χ2n) is 5.99. The van der Waals surface area contributed by atoms with Crippen molar-refractivity contribution in [1.82, 2.24) is 25.0 Å². The Balaban J connectivity index is 1.39. The Hall–Kier alpha value is -3.49. The number of anilines is 1. The van der Waals surface area contributed by atoms with Gasteiger partial charge in [-0.25, -0.2) is 4.98 Å². The summed E-state index contributed by atoms with van der Waals surface area (Å²) in [7, 11) is 1.65. The average molecular weight is 366 g/mol. The molecule has 0 N–H and O–H groups in total. The van der Waals surface area contributed by atoms with Gasteiger partial charge >= 0.3 is 11.8 Å². The Labute approximate surface area is 155 Å². The minimum atomic E-state index is -0.271. The van der Waals surface area contributed by atoms with E-state index in [1.54, 1.807) is 18.2 Å². The number of piperazine rings is 1. The Morgan fingerprint density at radius 3 is 2.56 bits per heavy atom. The minimum Gasteiger partial charge on any atom is -0.497 e. The lowest BCUT2D eigenvalue weighted by Crippen LogP contribution is -2.48. The van der Waals surface area contributed by atoms with Crippen molar-refractivity contribution in [3.63, 3.8) is 0 Å². The molecule has 1 amide bonds. The van der Waals surface area contributed by atoms with Crippen LogP contribution in [0.2, 0.25) is 0 Å². The van der Waals surface area contributed by atoms with Gasteiger partial charge in [0.2, 0.25) is 5.82 Å². The predicted octanol–water partition coefficient (Wildman–Crippen LogP) is 1.50. The van der Waals surface area contributed by atoms with Gasteiger partial charge in [-0.15, -0.1) is 0 Å². The number of hydrogen-bond donors (Lipinski definition) is 0. The summed E-state index contributed by atoms with van der Waals surface area (Å²) < 4.78 is 10.3. The number of carbonyl (C=O) groups is 1. The molecule has 1 aliphatic heterocycles. The second kappa shape index (κ2) is 7.40. The first-order chi connectivity index (χ1) is 13.2. The third kappa shape index (κ3) is 3.57. The second-order valence-corrected chi connectivity index (χ2v) is 5.99. The van der Waals surface area contributed by atoms with E-state index >= 15 is 0 Å². The molecule has 3 heterocycles. The zero-order valence-electron chi connectivity index (χ0n) is 14.8. The Morgan fingerprint density at radius 2 is 1.89 bits per heavy atom. The summed E-state index contributed by atoms with van der Waals surface area (Å²) in [6.45, 7) is 2.61. The zero-order chi connectivity index (χ0) is 18.6. The molecular weight excluding hydrogens is 348 g/mol. The van der Waals surface area contributed by atoms with Gasteiger partial charge in [0.15, 0.2) is 0 Å². The van der Waals surface area contributed by atoms with Crippen LogP contribution in [-0.2, 0) is 0 Å². The lowest BCUT2D eigenvalue weighted by atomic mass is 10.2. The molecule has 9 nitrogen and oxygen atoms in total. The van der Waals surface area contributed by atoms with E-state index in [2.05, 4.69) is 25.0 Å². The maximum Gasteiger partial charge on any atom is 0.316 e. The number of aromatic nitrogens is 4. The number of methoxy groups -OCH3 is 1. The van der Waals surface area contributed by atoms with Crippen molar-refractivity contribution in [1.29, 1.82) is 0 Å². The molecule has 1 aromatic carbocycles. The summed E-state index contributed by atoms with van der Waals surface area (Å²) in [5.74, 6) is 0.770. The highest BCUT2D eigenvalue weighted by Gasteiger charge is 2.26. The molecule has 1 fully saturated rings. The zero-order valence-corrected chi connectivity index (χ0v) is 14.8. The number of carbonyl (C=O) groups excluding carboxylic acids is 1. The highest BCUT2D eigenvalue weighted by atomic mass is 16.5. The minimum absolute atomic E-state index is 0.0337. The number of hydrogen-bond acceptors (Lipinski definition) is 8. The fourth-order valence-electron chi connectivity index (χ4n) is 2.92. The molecule has 4 rings (SSSR count). The fraction of sp³-hybridized carbons (Fsp3) is 0.278. The Bertz CT molecular complexity index is 904. The summed E-state index contributed by atoms with van der Waals surface area (Å²) in [6.07, 6.45) is 4.61. The smallest absolute Gasteiger partial charge is 0.316 e. The van der Waals surface area contributed by atoms with Crippen LogP contribution in [0.3, 0.4) is 0 Å². The molecule has 9 heteroatoms. The molecule has 0 radical (unpaired) electrons. The standard InChI is InChI=1S/C18H18N6O3/c1-26-14-4-2-13(3-5-14)23-8-10-24(11-9-23)18(25)17-21-16(22-27-17)15-12-19-6-7-20-15/h2-7,12H,8-11H2,1H3. The van der Waals surface area contributed by atoms with E-state index in [1.165, 1.54) is 12.4 Å². The molecule has 0 unspecified atom stereocenters. The van der Waals surface area contributed by atoms with Crippen LogP contribution in [0.25, 0.3) is 11.5 Å². The van der Waals surface area contributed by atoms with Gasteiger partial charge in [-0.3, -0.25) is 9.78 Å². The number of rotatable bonds is 4. The van der Waals surface area contributed by atoms with Crippen molar-refractivity contribution in [2.45, 2.75) is 0 Å². The van der Waals surface area contributed by atoms with Crippen LogP contribution < -0.4 is 9.64 Å². The molecule has 2 aromatic heterocycles. The number of benzene rings is 1. The average Bonchev–Trinajstić information content (AvgIpc) is 3.24. The van der Waals surface area contributed by atoms with Gasteiger partial charge in [0, 0.05) is 44.3 Å². The van der Waals surface area contributed by atoms with Crippen LogP contribution >= 0.6 is 0 Å². The van der Waals surface area contributed by atoms with Crippen LogP contribution in [0.5, 0.6) is 5.75 Å². The lowest BCUT2D eigenvalue weighted by molar-refractivity contribution is 0.0696. The van der Waals surface area contributed by atoms with Gasteiger partial charge in [-0.05, 0) is 24.3 Å². The monoisotopic (exact) mass is 366 g/mol. The van der Waals surface area contributed by atoms with Crippen molar-refractivity contribution in [2.24, 2.45) is 0 Å². The van der Waals surface area contributed by atoms with Crippen molar-refractivity contribution < 1.29 is 14.1 Å². The largest absolute Gasteiger partial charge is 0.497 e. The maximum atomic E-state index is 12.6.